The topological polar surface area (TPSA) is 45.0 Å². The first kappa shape index (κ1) is 14.4. The summed E-state index contributed by atoms with van der Waals surface area (Å²) in [5.74, 6) is 0.297. The van der Waals surface area contributed by atoms with E-state index in [9.17, 15) is 9.65 Å². The van der Waals surface area contributed by atoms with Crippen LogP contribution < -0.4 is 10.1 Å². The number of nitrogens with one attached hydrogen (secondary N) is 1. The summed E-state index contributed by atoms with van der Waals surface area (Å²) in [4.78, 5) is 0. The Morgan fingerprint density at radius 3 is 2.50 bits per heavy atom. The molecule has 2 aromatic rings. The standard InChI is InChI=1S/C15H12BrFN2O/c1-20-12-5-3-11(4-6-12)19-15(9-18)13-7-2-10(16)8-14(13)17/h2-8,15,19H,1H3. The zero-order chi connectivity index (χ0) is 14.5. The highest BCUT2D eigenvalue weighted by atomic mass is 79.9. The van der Waals surface area contributed by atoms with Crippen LogP contribution in [0.3, 0.4) is 0 Å². The predicted octanol–water partition coefficient (Wildman–Crippen LogP) is 4.27. The smallest absolute Gasteiger partial charge is 0.143 e. The lowest BCUT2D eigenvalue weighted by Gasteiger charge is -2.14. The number of rotatable bonds is 4. The van der Waals surface area contributed by atoms with Crippen LogP contribution in [-0.4, -0.2) is 7.11 Å². The third-order valence-corrected chi connectivity index (χ3v) is 3.30. The molecule has 0 saturated carbocycles. The molecule has 3 nitrogen and oxygen atoms in total. The summed E-state index contributed by atoms with van der Waals surface area (Å²) >= 11 is 3.19. The Hall–Kier alpha value is -2.06. The van der Waals surface area contributed by atoms with Gasteiger partial charge in [0.05, 0.1) is 13.2 Å². The fourth-order valence-electron chi connectivity index (χ4n) is 1.77. The van der Waals surface area contributed by atoms with E-state index in [1.165, 1.54) is 6.07 Å². The molecule has 1 unspecified atom stereocenters. The Morgan fingerprint density at radius 1 is 1.25 bits per heavy atom. The maximum atomic E-state index is 13.9. The second-order valence-electron chi connectivity index (χ2n) is 4.10. The molecule has 0 aliphatic heterocycles. The minimum absolute atomic E-state index is 0.312. The number of methoxy groups -OCH3 is 1. The average molecular weight is 335 g/mol. The number of nitrogens with zero attached hydrogens (tertiary/aromatic N) is 1. The molecular formula is C15H12BrFN2O. The van der Waals surface area contributed by atoms with Crippen molar-refractivity contribution in [2.24, 2.45) is 0 Å². The van der Waals surface area contributed by atoms with E-state index in [1.807, 2.05) is 0 Å². The Morgan fingerprint density at radius 2 is 1.95 bits per heavy atom. The third-order valence-electron chi connectivity index (χ3n) is 2.80. The number of benzene rings is 2. The van der Waals surface area contributed by atoms with Gasteiger partial charge < -0.3 is 10.1 Å². The molecule has 2 rings (SSSR count). The van der Waals surface area contributed by atoms with Crippen molar-refractivity contribution < 1.29 is 9.13 Å². The minimum Gasteiger partial charge on any atom is -0.497 e. The summed E-state index contributed by atoms with van der Waals surface area (Å²) in [6.07, 6.45) is 0. The van der Waals surface area contributed by atoms with E-state index >= 15 is 0 Å². The molecule has 20 heavy (non-hydrogen) atoms. The van der Waals surface area contributed by atoms with Crippen LogP contribution in [0.2, 0.25) is 0 Å². The maximum Gasteiger partial charge on any atom is 0.143 e. The number of hydrogen-bond acceptors (Lipinski definition) is 3. The van der Waals surface area contributed by atoms with Gasteiger partial charge >= 0.3 is 0 Å². The lowest BCUT2D eigenvalue weighted by atomic mass is 10.1. The highest BCUT2D eigenvalue weighted by Crippen LogP contribution is 2.25. The van der Waals surface area contributed by atoms with Crippen LogP contribution in [0.1, 0.15) is 11.6 Å². The first-order valence-electron chi connectivity index (χ1n) is 5.89. The summed E-state index contributed by atoms with van der Waals surface area (Å²) in [7, 11) is 1.58. The fourth-order valence-corrected chi connectivity index (χ4v) is 2.10. The molecule has 0 aromatic heterocycles. The summed E-state index contributed by atoms with van der Waals surface area (Å²) in [6.45, 7) is 0. The molecule has 0 aliphatic carbocycles. The molecule has 2 aromatic carbocycles. The van der Waals surface area contributed by atoms with Crippen molar-refractivity contribution in [1.82, 2.24) is 0 Å². The van der Waals surface area contributed by atoms with Gasteiger partial charge in [-0.05, 0) is 36.4 Å². The lowest BCUT2D eigenvalue weighted by molar-refractivity contribution is 0.415. The normalized spacial score (nSPS) is 11.5. The third kappa shape index (κ3) is 3.28. The van der Waals surface area contributed by atoms with E-state index in [2.05, 4.69) is 27.3 Å². The Balaban J connectivity index is 2.22. The van der Waals surface area contributed by atoms with Gasteiger partial charge in [0.1, 0.15) is 17.6 Å². The first-order valence-corrected chi connectivity index (χ1v) is 6.68. The molecule has 0 fully saturated rings. The Bertz CT molecular complexity index is 637. The van der Waals surface area contributed by atoms with Crippen molar-refractivity contribution >= 4 is 21.6 Å². The van der Waals surface area contributed by atoms with Crippen LogP contribution >= 0.6 is 15.9 Å². The predicted molar refractivity (Wildman–Crippen MR) is 79.1 cm³/mol. The molecule has 1 N–H and O–H groups in total. The van der Waals surface area contributed by atoms with Gasteiger partial charge in [0.15, 0.2) is 0 Å². The van der Waals surface area contributed by atoms with E-state index < -0.39 is 11.9 Å². The Labute approximate surface area is 125 Å². The van der Waals surface area contributed by atoms with Gasteiger partial charge in [0.2, 0.25) is 0 Å². The number of anilines is 1. The van der Waals surface area contributed by atoms with Crippen LogP contribution in [-0.2, 0) is 0 Å². The van der Waals surface area contributed by atoms with Crippen molar-refractivity contribution in [3.8, 4) is 11.8 Å². The van der Waals surface area contributed by atoms with E-state index in [0.717, 1.165) is 11.4 Å². The summed E-state index contributed by atoms with van der Waals surface area (Å²) in [5.41, 5.74) is 1.03. The van der Waals surface area contributed by atoms with Crippen LogP contribution in [0.4, 0.5) is 10.1 Å². The quantitative estimate of drug-likeness (QED) is 0.907. The largest absolute Gasteiger partial charge is 0.497 e. The number of halogens is 2. The highest BCUT2D eigenvalue weighted by molar-refractivity contribution is 9.10. The molecule has 0 radical (unpaired) electrons. The van der Waals surface area contributed by atoms with Crippen LogP contribution in [0.25, 0.3) is 0 Å². The maximum absolute atomic E-state index is 13.9. The van der Waals surface area contributed by atoms with Crippen molar-refractivity contribution in [3.05, 3.63) is 58.3 Å². The van der Waals surface area contributed by atoms with Crippen molar-refractivity contribution in [3.63, 3.8) is 0 Å². The van der Waals surface area contributed by atoms with Gasteiger partial charge in [-0.1, -0.05) is 22.0 Å². The summed E-state index contributed by atoms with van der Waals surface area (Å²) < 4.78 is 19.6. The average Bonchev–Trinajstić information content (AvgIpc) is 2.46. The van der Waals surface area contributed by atoms with Crippen LogP contribution in [0, 0.1) is 17.1 Å². The second kappa shape index (κ2) is 6.40. The van der Waals surface area contributed by atoms with Crippen molar-refractivity contribution in [2.45, 2.75) is 6.04 Å². The van der Waals surface area contributed by atoms with Gasteiger partial charge in [-0.15, -0.1) is 0 Å². The summed E-state index contributed by atoms with van der Waals surface area (Å²) in [6, 6.07) is 13.0. The van der Waals surface area contributed by atoms with Gasteiger partial charge in [-0.3, -0.25) is 0 Å². The second-order valence-corrected chi connectivity index (χ2v) is 5.02. The van der Waals surface area contributed by atoms with E-state index in [0.29, 0.717) is 10.0 Å². The number of ether oxygens (including phenoxy) is 1. The minimum atomic E-state index is -0.753. The van der Waals surface area contributed by atoms with E-state index in [-0.39, 0.29) is 0 Å². The molecule has 5 heteroatoms. The first-order chi connectivity index (χ1) is 9.63. The van der Waals surface area contributed by atoms with Crippen LogP contribution in [0.15, 0.2) is 46.9 Å². The zero-order valence-corrected chi connectivity index (χ0v) is 12.3. The van der Waals surface area contributed by atoms with Crippen molar-refractivity contribution in [2.75, 3.05) is 12.4 Å². The number of hydrogen-bond donors (Lipinski definition) is 1. The zero-order valence-electron chi connectivity index (χ0n) is 10.7. The van der Waals surface area contributed by atoms with Gasteiger partial charge in [-0.2, -0.15) is 5.26 Å². The molecule has 0 bridgehead atoms. The number of nitriles is 1. The molecule has 0 aliphatic rings. The molecule has 0 amide bonds. The van der Waals surface area contributed by atoms with E-state index in [4.69, 9.17) is 4.74 Å². The fraction of sp³-hybridized carbons (Fsp3) is 0.133. The molecule has 0 spiro atoms. The van der Waals surface area contributed by atoms with Gasteiger partial charge in [-0.25, -0.2) is 4.39 Å². The monoisotopic (exact) mass is 334 g/mol. The van der Waals surface area contributed by atoms with Crippen LogP contribution in [0.5, 0.6) is 5.75 Å². The SMILES string of the molecule is COc1ccc(NC(C#N)c2ccc(Br)cc2F)cc1. The lowest BCUT2D eigenvalue weighted by Crippen LogP contribution is -2.10. The molecular weight excluding hydrogens is 323 g/mol. The summed E-state index contributed by atoms with van der Waals surface area (Å²) in [5, 5.41) is 12.2. The molecule has 1 atom stereocenters. The molecule has 102 valence electrons. The highest BCUT2D eigenvalue weighted by Gasteiger charge is 2.15. The van der Waals surface area contributed by atoms with E-state index in [1.54, 1.807) is 43.5 Å². The van der Waals surface area contributed by atoms with Crippen molar-refractivity contribution in [1.29, 1.82) is 5.26 Å². The van der Waals surface area contributed by atoms with Gasteiger partial charge in [0, 0.05) is 15.7 Å². The molecule has 0 saturated heterocycles. The molecule has 0 heterocycles. The Kier molecular flexibility index (Phi) is 4.59. The van der Waals surface area contributed by atoms with Gasteiger partial charge in [0.25, 0.3) is 0 Å².